The first-order valence-corrected chi connectivity index (χ1v) is 6.37. The van der Waals surface area contributed by atoms with E-state index in [2.05, 4.69) is 27.9 Å². The molecule has 0 bridgehead atoms. The molecule has 0 aliphatic carbocycles. The average molecular weight is 250 g/mol. The van der Waals surface area contributed by atoms with Crippen molar-refractivity contribution < 1.29 is 4.74 Å². The Balaban J connectivity index is 2.07. The van der Waals surface area contributed by atoms with Gasteiger partial charge in [0.1, 0.15) is 0 Å². The van der Waals surface area contributed by atoms with Gasteiger partial charge < -0.3 is 15.4 Å². The van der Waals surface area contributed by atoms with Crippen LogP contribution < -0.4 is 10.5 Å². The third-order valence-electron chi connectivity index (χ3n) is 3.56. The van der Waals surface area contributed by atoms with Gasteiger partial charge in [0.25, 0.3) is 0 Å². The van der Waals surface area contributed by atoms with Crippen molar-refractivity contribution in [2.45, 2.75) is 6.04 Å². The highest BCUT2D eigenvalue weighted by Crippen LogP contribution is 2.21. The molecule has 1 aromatic heterocycles. The van der Waals surface area contributed by atoms with Crippen LogP contribution >= 0.6 is 0 Å². The van der Waals surface area contributed by atoms with Gasteiger partial charge in [0.15, 0.2) is 0 Å². The second-order valence-electron chi connectivity index (χ2n) is 4.72. The lowest BCUT2D eigenvalue weighted by molar-refractivity contribution is 0.114. The van der Waals surface area contributed by atoms with Crippen LogP contribution in [0.1, 0.15) is 11.6 Å². The van der Waals surface area contributed by atoms with Gasteiger partial charge in [-0.2, -0.15) is 0 Å². The van der Waals surface area contributed by atoms with Gasteiger partial charge in [0, 0.05) is 51.0 Å². The minimum Gasteiger partial charge on any atom is -0.481 e. The Kier molecular flexibility index (Phi) is 4.52. The highest BCUT2D eigenvalue weighted by atomic mass is 16.5. The molecule has 1 aliphatic rings. The zero-order chi connectivity index (χ0) is 13.0. The molecule has 0 radical (unpaired) electrons. The Morgan fingerprint density at radius 1 is 1.33 bits per heavy atom. The molecule has 0 saturated carbocycles. The van der Waals surface area contributed by atoms with E-state index in [1.54, 1.807) is 7.11 Å². The highest BCUT2D eigenvalue weighted by molar-refractivity contribution is 5.21. The lowest BCUT2D eigenvalue weighted by Gasteiger charge is -2.37. The molecular weight excluding hydrogens is 228 g/mol. The summed E-state index contributed by atoms with van der Waals surface area (Å²) in [6.45, 7) is 4.94. The minimum absolute atomic E-state index is 0.261. The fourth-order valence-corrected chi connectivity index (χ4v) is 2.34. The van der Waals surface area contributed by atoms with E-state index in [0.717, 1.165) is 26.2 Å². The van der Waals surface area contributed by atoms with Crippen molar-refractivity contribution >= 4 is 0 Å². The van der Waals surface area contributed by atoms with Crippen LogP contribution in [0.3, 0.4) is 0 Å². The molecule has 5 nitrogen and oxygen atoms in total. The number of hydrogen-bond donors (Lipinski definition) is 1. The molecule has 1 aliphatic heterocycles. The largest absolute Gasteiger partial charge is 0.481 e. The standard InChI is InChI=1S/C13H22N4O/c1-16-5-7-17(8-6-16)12(9-14)11-3-4-13(18-2)15-10-11/h3-4,10,12H,5-9,14H2,1-2H3. The molecule has 2 N–H and O–H groups in total. The van der Waals surface area contributed by atoms with Crippen molar-refractivity contribution in [3.8, 4) is 5.88 Å². The van der Waals surface area contributed by atoms with Crippen LogP contribution in [0.15, 0.2) is 18.3 Å². The Hall–Kier alpha value is -1.17. The zero-order valence-corrected chi connectivity index (χ0v) is 11.2. The normalized spacial score (nSPS) is 19.7. The van der Waals surface area contributed by atoms with Gasteiger partial charge in [0.2, 0.25) is 5.88 Å². The molecule has 0 aromatic carbocycles. The van der Waals surface area contributed by atoms with Crippen LogP contribution in [0.2, 0.25) is 0 Å². The molecular formula is C13H22N4O. The zero-order valence-electron chi connectivity index (χ0n) is 11.2. The lowest BCUT2D eigenvalue weighted by atomic mass is 10.1. The van der Waals surface area contributed by atoms with E-state index >= 15 is 0 Å². The van der Waals surface area contributed by atoms with Gasteiger partial charge in [-0.25, -0.2) is 4.98 Å². The molecule has 0 amide bonds. The number of hydrogen-bond acceptors (Lipinski definition) is 5. The second kappa shape index (κ2) is 6.13. The Morgan fingerprint density at radius 3 is 2.56 bits per heavy atom. The van der Waals surface area contributed by atoms with Crippen molar-refractivity contribution in [3.05, 3.63) is 23.9 Å². The Labute approximate surface area is 109 Å². The fraction of sp³-hybridized carbons (Fsp3) is 0.615. The van der Waals surface area contributed by atoms with Crippen LogP contribution in [0.5, 0.6) is 5.88 Å². The lowest BCUT2D eigenvalue weighted by Crippen LogP contribution is -2.47. The van der Waals surface area contributed by atoms with E-state index < -0.39 is 0 Å². The molecule has 1 atom stereocenters. The Bertz CT molecular complexity index is 360. The SMILES string of the molecule is COc1ccc(C(CN)N2CCN(C)CC2)cn1. The third-order valence-corrected chi connectivity index (χ3v) is 3.56. The maximum atomic E-state index is 5.93. The number of aromatic nitrogens is 1. The monoisotopic (exact) mass is 250 g/mol. The Morgan fingerprint density at radius 2 is 2.06 bits per heavy atom. The summed E-state index contributed by atoms with van der Waals surface area (Å²) in [5.41, 5.74) is 7.10. The van der Waals surface area contributed by atoms with E-state index in [4.69, 9.17) is 10.5 Å². The third kappa shape index (κ3) is 2.98. The predicted molar refractivity (Wildman–Crippen MR) is 71.7 cm³/mol. The van der Waals surface area contributed by atoms with Crippen LogP contribution in [-0.4, -0.2) is 61.7 Å². The van der Waals surface area contributed by atoms with E-state index in [-0.39, 0.29) is 6.04 Å². The molecule has 1 fully saturated rings. The van der Waals surface area contributed by atoms with Gasteiger partial charge in [-0.3, -0.25) is 4.90 Å². The maximum absolute atomic E-state index is 5.93. The van der Waals surface area contributed by atoms with Gasteiger partial charge in [0.05, 0.1) is 7.11 Å². The second-order valence-corrected chi connectivity index (χ2v) is 4.72. The smallest absolute Gasteiger partial charge is 0.212 e. The molecule has 1 unspecified atom stereocenters. The fourth-order valence-electron chi connectivity index (χ4n) is 2.34. The molecule has 2 rings (SSSR count). The molecule has 1 aromatic rings. The predicted octanol–water partition coefficient (Wildman–Crippen LogP) is 0.337. The number of nitrogens with two attached hydrogens (primary N) is 1. The summed E-state index contributed by atoms with van der Waals surface area (Å²) >= 11 is 0. The summed E-state index contributed by atoms with van der Waals surface area (Å²) in [5.74, 6) is 0.646. The van der Waals surface area contributed by atoms with Crippen LogP contribution in [0, 0.1) is 0 Å². The van der Waals surface area contributed by atoms with E-state index in [9.17, 15) is 0 Å². The summed E-state index contributed by atoms with van der Waals surface area (Å²) in [7, 11) is 3.78. The van der Waals surface area contributed by atoms with E-state index in [0.29, 0.717) is 12.4 Å². The molecule has 2 heterocycles. The quantitative estimate of drug-likeness (QED) is 0.835. The van der Waals surface area contributed by atoms with Crippen molar-refractivity contribution in [1.29, 1.82) is 0 Å². The number of pyridine rings is 1. The average Bonchev–Trinajstić information content (AvgIpc) is 2.42. The van der Waals surface area contributed by atoms with Gasteiger partial charge in [-0.1, -0.05) is 6.07 Å². The summed E-state index contributed by atoms with van der Waals surface area (Å²) in [4.78, 5) is 9.04. The summed E-state index contributed by atoms with van der Waals surface area (Å²) in [5, 5.41) is 0. The highest BCUT2D eigenvalue weighted by Gasteiger charge is 2.22. The molecule has 1 saturated heterocycles. The number of rotatable bonds is 4. The van der Waals surface area contributed by atoms with Crippen LogP contribution in [0.25, 0.3) is 0 Å². The topological polar surface area (TPSA) is 54.6 Å². The summed E-state index contributed by atoms with van der Waals surface area (Å²) in [6, 6.07) is 4.22. The van der Waals surface area contributed by atoms with Crippen molar-refractivity contribution in [3.63, 3.8) is 0 Å². The first kappa shape index (κ1) is 13.3. The first-order valence-electron chi connectivity index (χ1n) is 6.37. The van der Waals surface area contributed by atoms with Crippen molar-refractivity contribution in [1.82, 2.24) is 14.8 Å². The van der Waals surface area contributed by atoms with Crippen molar-refractivity contribution in [2.75, 3.05) is 46.9 Å². The van der Waals surface area contributed by atoms with Crippen LogP contribution in [0.4, 0.5) is 0 Å². The minimum atomic E-state index is 0.261. The van der Waals surface area contributed by atoms with E-state index in [1.165, 1.54) is 5.56 Å². The number of piperazine rings is 1. The first-order chi connectivity index (χ1) is 8.74. The van der Waals surface area contributed by atoms with Gasteiger partial charge in [-0.05, 0) is 12.6 Å². The summed E-state index contributed by atoms with van der Waals surface area (Å²) in [6.07, 6.45) is 1.87. The molecule has 0 spiro atoms. The maximum Gasteiger partial charge on any atom is 0.212 e. The van der Waals surface area contributed by atoms with Gasteiger partial charge in [-0.15, -0.1) is 0 Å². The molecule has 5 heteroatoms. The number of methoxy groups -OCH3 is 1. The summed E-state index contributed by atoms with van der Waals surface area (Å²) < 4.78 is 5.08. The molecule has 18 heavy (non-hydrogen) atoms. The van der Waals surface area contributed by atoms with Gasteiger partial charge >= 0.3 is 0 Å². The number of likely N-dealkylation sites (N-methyl/N-ethyl adjacent to an activating group) is 1. The van der Waals surface area contributed by atoms with Crippen LogP contribution in [-0.2, 0) is 0 Å². The molecule has 100 valence electrons. The van der Waals surface area contributed by atoms with Crippen molar-refractivity contribution in [2.24, 2.45) is 5.73 Å². The number of nitrogens with zero attached hydrogens (tertiary/aromatic N) is 3. The van der Waals surface area contributed by atoms with E-state index in [1.807, 2.05) is 12.3 Å². The number of ether oxygens (including phenoxy) is 1.